The van der Waals surface area contributed by atoms with Crippen LogP contribution < -0.4 is 0 Å². The van der Waals surface area contributed by atoms with Gasteiger partial charge in [-0.25, -0.2) is 17.5 Å². The molecule has 2 aliphatic heterocycles. The van der Waals surface area contributed by atoms with Crippen LogP contribution in [0.2, 0.25) is 0 Å². The number of piperazine rings is 1. The second-order valence-electron chi connectivity index (χ2n) is 8.95. The molecule has 35 heavy (non-hydrogen) atoms. The third-order valence-corrected chi connectivity index (χ3v) is 8.30. The first kappa shape index (κ1) is 27.2. The van der Waals surface area contributed by atoms with E-state index in [1.165, 1.54) is 26.1 Å². The van der Waals surface area contributed by atoms with Crippen molar-refractivity contribution in [3.63, 3.8) is 0 Å². The summed E-state index contributed by atoms with van der Waals surface area (Å²) in [4.78, 5) is 30.2. The first-order valence-electron chi connectivity index (χ1n) is 11.3. The number of ether oxygens (including phenoxy) is 1. The number of benzene rings is 1. The monoisotopic (exact) mass is 520 g/mol. The quantitative estimate of drug-likeness (QED) is 0.569. The second kappa shape index (κ2) is 10.7. The van der Waals surface area contributed by atoms with Crippen LogP contribution in [-0.2, 0) is 32.2 Å². The Bertz CT molecular complexity index is 1040. The van der Waals surface area contributed by atoms with Crippen molar-refractivity contribution in [1.29, 1.82) is 0 Å². The van der Waals surface area contributed by atoms with Gasteiger partial charge in [0, 0.05) is 40.3 Å². The van der Waals surface area contributed by atoms with Gasteiger partial charge in [0.25, 0.3) is 0 Å². The highest BCUT2D eigenvalue weighted by Gasteiger charge is 2.37. The molecule has 2 aliphatic rings. The van der Waals surface area contributed by atoms with E-state index < -0.39 is 38.7 Å². The molecule has 0 aromatic heterocycles. The zero-order valence-electron chi connectivity index (χ0n) is 20.0. The van der Waals surface area contributed by atoms with E-state index in [-0.39, 0.29) is 37.7 Å². The molecular weight excluding hydrogens is 489 g/mol. The minimum absolute atomic E-state index is 0.00739. The van der Waals surface area contributed by atoms with Crippen LogP contribution in [0.25, 0.3) is 0 Å². The van der Waals surface area contributed by atoms with Crippen molar-refractivity contribution >= 4 is 22.0 Å². The molecular formula is C22H31F3N4O5S. The molecule has 196 valence electrons. The lowest BCUT2D eigenvalue weighted by Crippen LogP contribution is -2.59. The third kappa shape index (κ3) is 6.25. The summed E-state index contributed by atoms with van der Waals surface area (Å²) in [5.41, 5.74) is -1.11. The molecule has 0 bridgehead atoms. The van der Waals surface area contributed by atoms with Crippen LogP contribution in [0.4, 0.5) is 18.0 Å². The Morgan fingerprint density at radius 1 is 1.11 bits per heavy atom. The van der Waals surface area contributed by atoms with E-state index >= 15 is 0 Å². The van der Waals surface area contributed by atoms with E-state index in [1.54, 1.807) is 4.90 Å². The number of alkyl halides is 3. The molecule has 2 fully saturated rings. The van der Waals surface area contributed by atoms with Gasteiger partial charge in [0.1, 0.15) is 0 Å². The molecule has 3 rings (SSSR count). The number of carbonyl (C=O) groups is 2. The smallest absolute Gasteiger partial charge is 0.416 e. The predicted molar refractivity (Wildman–Crippen MR) is 121 cm³/mol. The summed E-state index contributed by atoms with van der Waals surface area (Å²) in [6, 6.07) is 2.07. The van der Waals surface area contributed by atoms with Crippen molar-refractivity contribution in [1.82, 2.24) is 19.0 Å². The van der Waals surface area contributed by atoms with Crippen LogP contribution in [0.1, 0.15) is 24.0 Å². The maximum atomic E-state index is 13.4. The molecule has 1 aromatic carbocycles. The van der Waals surface area contributed by atoms with E-state index in [9.17, 15) is 31.2 Å². The fraction of sp³-hybridized carbons (Fsp3) is 0.636. The van der Waals surface area contributed by atoms with Crippen molar-refractivity contribution in [3.05, 3.63) is 29.3 Å². The summed E-state index contributed by atoms with van der Waals surface area (Å²) >= 11 is 0. The molecule has 9 nitrogen and oxygen atoms in total. The number of rotatable bonds is 6. The number of halogens is 3. The number of nitrogens with zero attached hydrogens (tertiary/aromatic N) is 4. The number of amides is 2. The number of sulfonamides is 1. The summed E-state index contributed by atoms with van der Waals surface area (Å²) < 4.78 is 71.1. The Kier molecular flexibility index (Phi) is 8.32. The lowest BCUT2D eigenvalue weighted by atomic mass is 10.1. The van der Waals surface area contributed by atoms with E-state index in [1.807, 2.05) is 0 Å². The van der Waals surface area contributed by atoms with Gasteiger partial charge in [-0.2, -0.15) is 13.2 Å². The third-order valence-electron chi connectivity index (χ3n) is 6.40. The largest absolute Gasteiger partial charge is 0.453 e. The highest BCUT2D eigenvalue weighted by molar-refractivity contribution is 7.89. The molecule has 0 radical (unpaired) electrons. The van der Waals surface area contributed by atoms with Gasteiger partial charge < -0.3 is 19.4 Å². The van der Waals surface area contributed by atoms with E-state index in [0.29, 0.717) is 12.6 Å². The van der Waals surface area contributed by atoms with E-state index in [2.05, 4.69) is 4.90 Å². The van der Waals surface area contributed by atoms with Gasteiger partial charge in [0.05, 0.1) is 30.0 Å². The normalized spacial score (nSPS) is 19.9. The molecule has 13 heteroatoms. The van der Waals surface area contributed by atoms with Crippen LogP contribution in [0.5, 0.6) is 0 Å². The summed E-state index contributed by atoms with van der Waals surface area (Å²) in [6.07, 6.45) is -3.53. The van der Waals surface area contributed by atoms with Gasteiger partial charge in [0.2, 0.25) is 15.9 Å². The molecule has 2 heterocycles. The number of carbonyl (C=O) groups excluding carboxylic acids is 2. The van der Waals surface area contributed by atoms with Crippen LogP contribution in [0.3, 0.4) is 0 Å². The SMILES string of the molecule is COC(=O)N1CCN(C(=O)Cc2ccc(C(F)(F)F)cc2S(=O)(=O)N(C)C)C(CN2CCCC2)C1. The first-order chi connectivity index (χ1) is 16.3. The summed E-state index contributed by atoms with van der Waals surface area (Å²) in [7, 11) is -0.510. The zero-order valence-corrected chi connectivity index (χ0v) is 20.9. The highest BCUT2D eigenvalue weighted by atomic mass is 32.2. The Labute approximate surface area is 203 Å². The van der Waals surface area contributed by atoms with Gasteiger partial charge in [-0.05, 0) is 43.6 Å². The maximum Gasteiger partial charge on any atom is 0.416 e. The Morgan fingerprint density at radius 2 is 1.77 bits per heavy atom. The molecule has 2 amide bonds. The van der Waals surface area contributed by atoms with Crippen LogP contribution in [0.15, 0.2) is 23.1 Å². The minimum Gasteiger partial charge on any atom is -0.453 e. The first-order valence-corrected chi connectivity index (χ1v) is 12.8. The molecule has 0 saturated carbocycles. The molecule has 0 N–H and O–H groups in total. The number of hydrogen-bond donors (Lipinski definition) is 0. The van der Waals surface area contributed by atoms with Crippen LogP contribution >= 0.6 is 0 Å². The van der Waals surface area contributed by atoms with Crippen molar-refractivity contribution < 1.29 is 35.9 Å². The fourth-order valence-electron chi connectivity index (χ4n) is 4.48. The standard InChI is InChI=1S/C22H31F3N4O5S/c1-26(2)35(32,33)19-13-17(22(23,24)25)7-6-16(19)12-20(30)29-11-10-28(21(31)34-3)15-18(29)14-27-8-4-5-9-27/h6-7,13,18H,4-5,8-12,14-15H2,1-3H3. The van der Waals surface area contributed by atoms with Crippen molar-refractivity contribution in [2.45, 2.75) is 36.4 Å². The van der Waals surface area contributed by atoms with Crippen LogP contribution in [-0.4, -0.2) is 106 Å². The summed E-state index contributed by atoms with van der Waals surface area (Å²) in [5, 5.41) is 0. The van der Waals surface area contributed by atoms with Gasteiger partial charge in [-0.3, -0.25) is 4.79 Å². The van der Waals surface area contributed by atoms with Crippen LogP contribution in [0, 0.1) is 0 Å². The molecule has 0 aliphatic carbocycles. The van der Waals surface area contributed by atoms with Gasteiger partial charge >= 0.3 is 12.3 Å². The number of likely N-dealkylation sites (tertiary alicyclic amines) is 1. The lowest BCUT2D eigenvalue weighted by Gasteiger charge is -2.42. The van der Waals surface area contributed by atoms with Crippen molar-refractivity contribution in [3.8, 4) is 0 Å². The van der Waals surface area contributed by atoms with Gasteiger partial charge in [-0.1, -0.05) is 6.07 Å². The molecule has 1 aromatic rings. The minimum atomic E-state index is -4.73. The van der Waals surface area contributed by atoms with Gasteiger partial charge in [-0.15, -0.1) is 0 Å². The summed E-state index contributed by atoms with van der Waals surface area (Å²) in [6.45, 7) is 3.00. The fourth-order valence-corrected chi connectivity index (χ4v) is 5.62. The average Bonchev–Trinajstić information content (AvgIpc) is 3.30. The second-order valence-corrected chi connectivity index (χ2v) is 11.1. The molecule has 1 atom stereocenters. The van der Waals surface area contributed by atoms with E-state index in [4.69, 9.17) is 4.74 Å². The Hall–Kier alpha value is -2.38. The molecule has 2 saturated heterocycles. The number of hydrogen-bond acceptors (Lipinski definition) is 6. The van der Waals surface area contributed by atoms with Crippen molar-refractivity contribution in [2.75, 3.05) is 60.5 Å². The van der Waals surface area contributed by atoms with E-state index in [0.717, 1.165) is 42.4 Å². The molecule has 0 spiro atoms. The summed E-state index contributed by atoms with van der Waals surface area (Å²) in [5.74, 6) is -0.409. The Balaban J connectivity index is 1.89. The van der Waals surface area contributed by atoms with Gasteiger partial charge in [0.15, 0.2) is 0 Å². The zero-order chi connectivity index (χ0) is 26.0. The Morgan fingerprint density at radius 3 is 2.34 bits per heavy atom. The van der Waals surface area contributed by atoms with Crippen molar-refractivity contribution in [2.24, 2.45) is 0 Å². The molecule has 1 unspecified atom stereocenters. The average molecular weight is 521 g/mol. The number of methoxy groups -OCH3 is 1. The lowest BCUT2D eigenvalue weighted by molar-refractivity contribution is -0.137. The highest BCUT2D eigenvalue weighted by Crippen LogP contribution is 2.33. The maximum absolute atomic E-state index is 13.4. The predicted octanol–water partition coefficient (Wildman–Crippen LogP) is 1.87. The topological polar surface area (TPSA) is 90.5 Å².